The molecule has 4 heterocycles. The predicted molar refractivity (Wildman–Crippen MR) is 114 cm³/mol. The zero-order valence-corrected chi connectivity index (χ0v) is 18.3. The molecular weight excluding hydrogens is 402 g/mol. The number of hydrogen-bond acceptors (Lipinski definition) is 8. The molecular formula is C21H25N5O3S. The molecule has 0 radical (unpaired) electrons. The van der Waals surface area contributed by atoms with E-state index < -0.39 is 0 Å². The first-order chi connectivity index (χ1) is 14.4. The minimum atomic E-state index is -0.301. The molecule has 4 rings (SSSR count). The van der Waals surface area contributed by atoms with Crippen LogP contribution < -0.4 is 5.32 Å². The van der Waals surface area contributed by atoms with Gasteiger partial charge in [0.15, 0.2) is 5.13 Å². The van der Waals surface area contributed by atoms with Crippen molar-refractivity contribution in [1.82, 2.24) is 20.0 Å². The molecule has 1 atom stereocenters. The van der Waals surface area contributed by atoms with Gasteiger partial charge in [0.05, 0.1) is 24.5 Å². The summed E-state index contributed by atoms with van der Waals surface area (Å²) in [7, 11) is 0. The number of nitrogens with one attached hydrogen (secondary N) is 1. The monoisotopic (exact) mass is 427 g/mol. The van der Waals surface area contributed by atoms with E-state index in [0.29, 0.717) is 42.5 Å². The summed E-state index contributed by atoms with van der Waals surface area (Å²) in [6, 6.07) is 5.73. The van der Waals surface area contributed by atoms with Crippen molar-refractivity contribution in [2.45, 2.75) is 39.7 Å². The minimum Gasteiger partial charge on any atom is -0.368 e. The molecule has 9 heteroatoms. The Morgan fingerprint density at radius 1 is 1.33 bits per heavy atom. The number of carbonyl (C=O) groups is 1. The van der Waals surface area contributed by atoms with Crippen molar-refractivity contribution < 1.29 is 14.1 Å². The van der Waals surface area contributed by atoms with E-state index in [0.717, 1.165) is 15.7 Å². The van der Waals surface area contributed by atoms with Crippen molar-refractivity contribution in [3.8, 4) is 0 Å². The molecule has 8 nitrogen and oxygen atoms in total. The number of anilines is 2. The Labute approximate surface area is 179 Å². The largest absolute Gasteiger partial charge is 0.368 e. The number of morpholine rings is 1. The van der Waals surface area contributed by atoms with E-state index in [1.54, 1.807) is 23.2 Å². The Hall–Kier alpha value is -2.78. The normalized spacial score (nSPS) is 16.8. The molecule has 1 aliphatic rings. The molecule has 1 aliphatic heterocycles. The third kappa shape index (κ3) is 4.22. The molecule has 1 fully saturated rings. The van der Waals surface area contributed by atoms with E-state index >= 15 is 0 Å². The number of hydrogen-bond donors (Lipinski definition) is 1. The highest BCUT2D eigenvalue weighted by Gasteiger charge is 2.31. The third-order valence-corrected chi connectivity index (χ3v) is 5.79. The minimum absolute atomic E-state index is 0.0710. The molecule has 3 aromatic rings. The molecule has 1 saturated heterocycles. The molecule has 1 N–H and O–H groups in total. The van der Waals surface area contributed by atoms with Gasteiger partial charge in [-0.15, -0.1) is 11.3 Å². The number of pyridine rings is 1. The second-order valence-corrected chi connectivity index (χ2v) is 8.85. The van der Waals surface area contributed by atoms with Crippen LogP contribution >= 0.6 is 11.3 Å². The fourth-order valence-electron chi connectivity index (χ4n) is 3.44. The van der Waals surface area contributed by atoms with Crippen LogP contribution in [0.5, 0.6) is 0 Å². The maximum Gasteiger partial charge on any atom is 0.259 e. The van der Waals surface area contributed by atoms with E-state index in [2.05, 4.69) is 20.4 Å². The standard InChI is InChI=1S/C21H25N5O3S/c1-12(2)19-18(14(4)29-25-19)20(27)26-8-9-28-16(11-26)15-6-5-7-17(23-15)24-21-22-10-13(3)30-21/h5-7,10,12,16H,8-9,11H2,1-4H3,(H,22,23,24). The van der Waals surface area contributed by atoms with Crippen LogP contribution in [0.2, 0.25) is 0 Å². The summed E-state index contributed by atoms with van der Waals surface area (Å²) in [5.41, 5.74) is 2.04. The van der Waals surface area contributed by atoms with Crippen LogP contribution in [0.25, 0.3) is 0 Å². The van der Waals surface area contributed by atoms with Gasteiger partial charge in [-0.1, -0.05) is 25.1 Å². The summed E-state index contributed by atoms with van der Waals surface area (Å²) in [6.45, 7) is 9.19. The van der Waals surface area contributed by atoms with Gasteiger partial charge in [-0.05, 0) is 31.9 Å². The Morgan fingerprint density at radius 3 is 2.90 bits per heavy atom. The van der Waals surface area contributed by atoms with Crippen molar-refractivity contribution in [3.63, 3.8) is 0 Å². The van der Waals surface area contributed by atoms with Crippen LogP contribution in [0, 0.1) is 13.8 Å². The molecule has 1 amide bonds. The van der Waals surface area contributed by atoms with E-state index in [1.165, 1.54) is 0 Å². The second kappa shape index (κ2) is 8.53. The van der Waals surface area contributed by atoms with Crippen LogP contribution in [-0.2, 0) is 4.74 Å². The number of amides is 1. The lowest BCUT2D eigenvalue weighted by molar-refractivity contribution is -0.0247. The van der Waals surface area contributed by atoms with Gasteiger partial charge in [0, 0.05) is 17.6 Å². The number of thiazole rings is 1. The SMILES string of the molecule is Cc1cnc(Nc2cccc(C3CN(C(=O)c4c(C(C)C)noc4C)CCO3)n2)s1. The van der Waals surface area contributed by atoms with Crippen molar-refractivity contribution >= 4 is 28.2 Å². The zero-order chi connectivity index (χ0) is 21.3. The number of carbonyl (C=O) groups excluding carboxylic acids is 1. The Morgan fingerprint density at radius 2 is 2.17 bits per heavy atom. The average Bonchev–Trinajstić information content (AvgIpc) is 3.33. The molecule has 30 heavy (non-hydrogen) atoms. The number of rotatable bonds is 5. The molecule has 3 aromatic heterocycles. The highest BCUT2D eigenvalue weighted by atomic mass is 32.1. The van der Waals surface area contributed by atoms with E-state index in [4.69, 9.17) is 9.26 Å². The maximum absolute atomic E-state index is 13.2. The van der Waals surface area contributed by atoms with Crippen molar-refractivity contribution in [3.05, 3.63) is 52.0 Å². The van der Waals surface area contributed by atoms with E-state index in [9.17, 15) is 4.79 Å². The van der Waals surface area contributed by atoms with Gasteiger partial charge in [-0.25, -0.2) is 9.97 Å². The second-order valence-electron chi connectivity index (χ2n) is 7.61. The highest BCUT2D eigenvalue weighted by molar-refractivity contribution is 7.15. The first kappa shape index (κ1) is 20.5. The van der Waals surface area contributed by atoms with Crippen LogP contribution in [0.3, 0.4) is 0 Å². The Balaban J connectivity index is 1.51. The van der Waals surface area contributed by atoms with E-state index in [-0.39, 0.29) is 17.9 Å². The van der Waals surface area contributed by atoms with Crippen molar-refractivity contribution in [2.24, 2.45) is 0 Å². The van der Waals surface area contributed by atoms with Gasteiger partial charge in [0.25, 0.3) is 5.91 Å². The summed E-state index contributed by atoms with van der Waals surface area (Å²) in [5, 5.41) is 8.10. The van der Waals surface area contributed by atoms with Crippen molar-refractivity contribution in [1.29, 1.82) is 0 Å². The van der Waals surface area contributed by atoms with Gasteiger partial charge in [-0.3, -0.25) is 4.79 Å². The number of nitrogens with zero attached hydrogens (tertiary/aromatic N) is 4. The summed E-state index contributed by atoms with van der Waals surface area (Å²) < 4.78 is 11.2. The Kier molecular flexibility index (Phi) is 5.83. The Bertz CT molecular complexity index is 1040. The summed E-state index contributed by atoms with van der Waals surface area (Å²) in [6.07, 6.45) is 1.52. The van der Waals surface area contributed by atoms with Gasteiger partial charge < -0.3 is 19.5 Å². The number of aromatic nitrogens is 3. The van der Waals surface area contributed by atoms with Crippen molar-refractivity contribution in [2.75, 3.05) is 25.0 Å². The lowest BCUT2D eigenvalue weighted by Crippen LogP contribution is -2.42. The van der Waals surface area contributed by atoms with Gasteiger partial charge >= 0.3 is 0 Å². The molecule has 0 aliphatic carbocycles. The van der Waals surface area contributed by atoms with Crippen LogP contribution in [0.4, 0.5) is 10.9 Å². The molecule has 158 valence electrons. The van der Waals surface area contributed by atoms with Gasteiger partial charge in [-0.2, -0.15) is 0 Å². The van der Waals surface area contributed by atoms with E-state index in [1.807, 2.05) is 45.2 Å². The fraction of sp³-hybridized carbons (Fsp3) is 0.429. The smallest absolute Gasteiger partial charge is 0.259 e. The van der Waals surface area contributed by atoms with Crippen LogP contribution in [0.1, 0.15) is 58.3 Å². The zero-order valence-electron chi connectivity index (χ0n) is 17.5. The maximum atomic E-state index is 13.2. The average molecular weight is 428 g/mol. The molecule has 0 aromatic carbocycles. The third-order valence-electron chi connectivity index (χ3n) is 4.96. The lowest BCUT2D eigenvalue weighted by atomic mass is 10.0. The fourth-order valence-corrected chi connectivity index (χ4v) is 4.11. The van der Waals surface area contributed by atoms with Gasteiger partial charge in [0.2, 0.25) is 0 Å². The summed E-state index contributed by atoms with van der Waals surface area (Å²) in [5.74, 6) is 1.29. The topological polar surface area (TPSA) is 93.4 Å². The molecule has 0 spiro atoms. The molecule has 0 saturated carbocycles. The van der Waals surface area contributed by atoms with Crippen LogP contribution in [-0.4, -0.2) is 45.6 Å². The predicted octanol–water partition coefficient (Wildman–Crippen LogP) is 4.22. The molecule has 0 bridgehead atoms. The number of aryl methyl sites for hydroxylation is 2. The lowest BCUT2D eigenvalue weighted by Gasteiger charge is -2.33. The van der Waals surface area contributed by atoms with Crippen LogP contribution in [0.15, 0.2) is 28.9 Å². The summed E-state index contributed by atoms with van der Waals surface area (Å²) in [4.78, 5) is 25.1. The summed E-state index contributed by atoms with van der Waals surface area (Å²) >= 11 is 1.57. The van der Waals surface area contributed by atoms with Gasteiger partial charge in [0.1, 0.15) is 23.2 Å². The highest BCUT2D eigenvalue weighted by Crippen LogP contribution is 2.28. The first-order valence-corrected chi connectivity index (χ1v) is 10.8. The quantitative estimate of drug-likeness (QED) is 0.651. The molecule has 1 unspecified atom stereocenters. The first-order valence-electron chi connectivity index (χ1n) is 9.96. The number of ether oxygens (including phenoxy) is 1.